The predicted octanol–water partition coefficient (Wildman–Crippen LogP) is 3.06. The molecule has 2 heterocycles. The number of carbonyl (C=O) groups is 3. The molecule has 1 saturated heterocycles. The number of nitrogens with one attached hydrogen (secondary N) is 1. The van der Waals surface area contributed by atoms with Crippen molar-refractivity contribution in [3.05, 3.63) is 52.6 Å². The Morgan fingerprint density at radius 1 is 1.22 bits per heavy atom. The van der Waals surface area contributed by atoms with E-state index >= 15 is 0 Å². The Balaban J connectivity index is 1.95. The van der Waals surface area contributed by atoms with Crippen LogP contribution in [0.2, 0.25) is 0 Å². The largest absolute Gasteiger partial charge is 0.465 e. The quantitative estimate of drug-likeness (QED) is 0.688. The lowest BCUT2D eigenvalue weighted by Gasteiger charge is -2.04. The minimum Gasteiger partial charge on any atom is -0.465 e. The summed E-state index contributed by atoms with van der Waals surface area (Å²) in [5, 5.41) is 1.76. The fraction of sp³-hybridized carbons (Fsp3) is 0.0625. The van der Waals surface area contributed by atoms with E-state index < -0.39 is 17.1 Å². The summed E-state index contributed by atoms with van der Waals surface area (Å²) in [6, 6.07) is 10.2. The maximum absolute atomic E-state index is 11.8. The van der Waals surface area contributed by atoms with Crippen LogP contribution in [0, 0.1) is 0 Å². The average molecular weight is 329 g/mol. The highest BCUT2D eigenvalue weighted by Gasteiger charge is 2.25. The average Bonchev–Trinajstić information content (AvgIpc) is 3.13. The van der Waals surface area contributed by atoms with E-state index in [2.05, 4.69) is 5.32 Å². The SMILES string of the molecule is COC(=O)c1ccccc1-c1ccc(/C=C2/SC(=O)NC2=O)o1. The van der Waals surface area contributed by atoms with Gasteiger partial charge in [-0.2, -0.15) is 0 Å². The van der Waals surface area contributed by atoms with Crippen molar-refractivity contribution in [3.63, 3.8) is 0 Å². The van der Waals surface area contributed by atoms with Crippen molar-refractivity contribution in [2.45, 2.75) is 0 Å². The highest BCUT2D eigenvalue weighted by molar-refractivity contribution is 8.18. The molecule has 1 fully saturated rings. The lowest BCUT2D eigenvalue weighted by molar-refractivity contribution is -0.115. The molecule has 2 aromatic rings. The molecule has 0 saturated carbocycles. The second-order valence-corrected chi connectivity index (χ2v) is 5.61. The molecule has 1 N–H and O–H groups in total. The molecule has 2 amide bonds. The number of rotatable bonds is 3. The number of esters is 1. The fourth-order valence-corrected chi connectivity index (χ4v) is 2.77. The van der Waals surface area contributed by atoms with Gasteiger partial charge in [-0.15, -0.1) is 0 Å². The third kappa shape index (κ3) is 3.04. The van der Waals surface area contributed by atoms with E-state index in [1.165, 1.54) is 13.2 Å². The first-order valence-electron chi connectivity index (χ1n) is 6.61. The van der Waals surface area contributed by atoms with Gasteiger partial charge in [0.05, 0.1) is 17.6 Å². The van der Waals surface area contributed by atoms with Crippen LogP contribution < -0.4 is 5.32 Å². The summed E-state index contributed by atoms with van der Waals surface area (Å²) in [6.07, 6.45) is 1.48. The van der Waals surface area contributed by atoms with Gasteiger partial charge in [0, 0.05) is 11.6 Å². The van der Waals surface area contributed by atoms with Crippen LogP contribution in [0.15, 0.2) is 45.7 Å². The number of amides is 2. The Morgan fingerprint density at radius 3 is 2.70 bits per heavy atom. The van der Waals surface area contributed by atoms with E-state index in [4.69, 9.17) is 9.15 Å². The molecular formula is C16H11NO5S. The Morgan fingerprint density at radius 2 is 2.00 bits per heavy atom. The van der Waals surface area contributed by atoms with Crippen molar-refractivity contribution in [3.8, 4) is 11.3 Å². The first-order chi connectivity index (χ1) is 11.1. The van der Waals surface area contributed by atoms with Gasteiger partial charge in [0.15, 0.2) is 0 Å². The molecule has 1 aliphatic rings. The first-order valence-corrected chi connectivity index (χ1v) is 7.42. The van der Waals surface area contributed by atoms with Gasteiger partial charge < -0.3 is 9.15 Å². The third-order valence-corrected chi connectivity index (χ3v) is 3.95. The van der Waals surface area contributed by atoms with Crippen LogP contribution in [-0.2, 0) is 9.53 Å². The Bertz CT molecular complexity index is 837. The van der Waals surface area contributed by atoms with E-state index in [1.807, 2.05) is 0 Å². The number of imide groups is 1. The van der Waals surface area contributed by atoms with Crippen LogP contribution in [0.3, 0.4) is 0 Å². The minimum atomic E-state index is -0.465. The van der Waals surface area contributed by atoms with Crippen molar-refractivity contribution in [2.24, 2.45) is 0 Å². The molecule has 7 heteroatoms. The van der Waals surface area contributed by atoms with Crippen LogP contribution in [0.1, 0.15) is 16.1 Å². The molecule has 6 nitrogen and oxygen atoms in total. The van der Waals surface area contributed by atoms with Gasteiger partial charge in [-0.05, 0) is 30.0 Å². The number of hydrogen-bond acceptors (Lipinski definition) is 6. The molecule has 0 aliphatic carbocycles. The second-order valence-electron chi connectivity index (χ2n) is 4.59. The van der Waals surface area contributed by atoms with Gasteiger partial charge in [-0.3, -0.25) is 14.9 Å². The van der Waals surface area contributed by atoms with E-state index in [-0.39, 0.29) is 4.91 Å². The smallest absolute Gasteiger partial charge is 0.338 e. The van der Waals surface area contributed by atoms with Gasteiger partial charge in [0.1, 0.15) is 11.5 Å². The van der Waals surface area contributed by atoms with Gasteiger partial charge >= 0.3 is 5.97 Å². The fourth-order valence-electron chi connectivity index (χ4n) is 2.11. The number of methoxy groups -OCH3 is 1. The zero-order valence-corrected chi connectivity index (χ0v) is 12.8. The van der Waals surface area contributed by atoms with Crippen molar-refractivity contribution in [1.29, 1.82) is 0 Å². The lowest BCUT2D eigenvalue weighted by atomic mass is 10.1. The van der Waals surface area contributed by atoms with Crippen molar-refractivity contribution in [1.82, 2.24) is 5.32 Å². The molecule has 0 unspecified atom stereocenters. The van der Waals surface area contributed by atoms with Crippen LogP contribution in [-0.4, -0.2) is 24.2 Å². The number of hydrogen-bond donors (Lipinski definition) is 1. The highest BCUT2D eigenvalue weighted by Crippen LogP contribution is 2.30. The van der Waals surface area contributed by atoms with Crippen LogP contribution in [0.4, 0.5) is 4.79 Å². The topological polar surface area (TPSA) is 85.6 Å². The van der Waals surface area contributed by atoms with Crippen molar-refractivity contribution >= 4 is 35.0 Å². The maximum atomic E-state index is 11.8. The lowest BCUT2D eigenvalue weighted by Crippen LogP contribution is -2.17. The van der Waals surface area contributed by atoms with E-state index in [0.717, 1.165) is 11.8 Å². The van der Waals surface area contributed by atoms with E-state index in [0.29, 0.717) is 22.6 Å². The zero-order chi connectivity index (χ0) is 16.4. The Kier molecular flexibility index (Phi) is 4.03. The van der Waals surface area contributed by atoms with Gasteiger partial charge in [-0.1, -0.05) is 18.2 Å². The molecule has 0 bridgehead atoms. The maximum Gasteiger partial charge on any atom is 0.338 e. The standard InChI is InChI=1S/C16H11NO5S/c1-21-15(19)11-5-3-2-4-10(11)12-7-6-9(22-12)8-13-14(18)17-16(20)23-13/h2-8H,1H3,(H,17,18,20)/b13-8+. The minimum absolute atomic E-state index is 0.261. The van der Waals surface area contributed by atoms with Crippen LogP contribution in [0.25, 0.3) is 17.4 Å². The van der Waals surface area contributed by atoms with E-state index in [9.17, 15) is 14.4 Å². The van der Waals surface area contributed by atoms with Gasteiger partial charge in [0.25, 0.3) is 11.1 Å². The number of carbonyl (C=O) groups excluding carboxylic acids is 3. The molecular weight excluding hydrogens is 318 g/mol. The highest BCUT2D eigenvalue weighted by atomic mass is 32.2. The summed E-state index contributed by atoms with van der Waals surface area (Å²) < 4.78 is 10.4. The molecule has 0 atom stereocenters. The van der Waals surface area contributed by atoms with E-state index in [1.54, 1.807) is 36.4 Å². The van der Waals surface area contributed by atoms with Crippen LogP contribution >= 0.6 is 11.8 Å². The molecule has 1 aromatic carbocycles. The Labute approximate surface area is 135 Å². The summed E-state index contributed by atoms with van der Waals surface area (Å²) in [5.41, 5.74) is 0.968. The summed E-state index contributed by atoms with van der Waals surface area (Å²) in [7, 11) is 1.31. The molecule has 0 spiro atoms. The summed E-state index contributed by atoms with van der Waals surface area (Å²) in [4.78, 5) is 34.7. The predicted molar refractivity (Wildman–Crippen MR) is 84.6 cm³/mol. The summed E-state index contributed by atoms with van der Waals surface area (Å²) in [6.45, 7) is 0. The molecule has 3 rings (SSSR count). The van der Waals surface area contributed by atoms with Gasteiger partial charge in [-0.25, -0.2) is 4.79 Å². The van der Waals surface area contributed by atoms with Gasteiger partial charge in [0.2, 0.25) is 0 Å². The van der Waals surface area contributed by atoms with Crippen LogP contribution in [0.5, 0.6) is 0 Å². The number of furan rings is 1. The van der Waals surface area contributed by atoms with Crippen molar-refractivity contribution < 1.29 is 23.5 Å². The number of ether oxygens (including phenoxy) is 1. The molecule has 1 aliphatic heterocycles. The molecule has 23 heavy (non-hydrogen) atoms. The first kappa shape index (κ1) is 15.1. The monoisotopic (exact) mass is 329 g/mol. The second kappa shape index (κ2) is 6.13. The zero-order valence-electron chi connectivity index (χ0n) is 12.0. The number of thioether (sulfide) groups is 1. The van der Waals surface area contributed by atoms with Crippen molar-refractivity contribution in [2.75, 3.05) is 7.11 Å². The number of benzene rings is 1. The molecule has 1 aromatic heterocycles. The normalized spacial score (nSPS) is 15.8. The Hall–Kier alpha value is -2.80. The summed E-state index contributed by atoms with van der Waals surface area (Å²) >= 11 is 0.813. The summed E-state index contributed by atoms with van der Waals surface area (Å²) in [5.74, 6) is -0.0410. The third-order valence-electron chi connectivity index (χ3n) is 3.14. The molecule has 116 valence electrons. The molecule has 0 radical (unpaired) electrons.